The summed E-state index contributed by atoms with van der Waals surface area (Å²) in [5.74, 6) is 3.27. The Hall–Kier alpha value is -2.95. The number of H-pyrrole nitrogens is 1. The predicted octanol–water partition coefficient (Wildman–Crippen LogP) is 3.17. The Kier molecular flexibility index (Phi) is 5.77. The summed E-state index contributed by atoms with van der Waals surface area (Å²) in [4.78, 5) is 30.8. The van der Waals surface area contributed by atoms with Crippen LogP contribution in [0.2, 0.25) is 0 Å². The van der Waals surface area contributed by atoms with Gasteiger partial charge in [-0.2, -0.15) is 4.98 Å². The third-order valence-electron chi connectivity index (χ3n) is 8.38. The third kappa shape index (κ3) is 4.38. The fourth-order valence-electron chi connectivity index (χ4n) is 5.93. The zero-order chi connectivity index (χ0) is 25.0. The van der Waals surface area contributed by atoms with Gasteiger partial charge in [0.1, 0.15) is 5.52 Å². The maximum Gasteiger partial charge on any atom is 0.439 e. The SMILES string of the molecule is C[C@@H](Nc1nc(-c2noc(=O)[nH]2)nc2nc(N3CC(C)(O)C3)n(C[C@H]3CC[C@H](C)CC3)c12)C1CCC1. The molecular formula is C25H36N8O3. The van der Waals surface area contributed by atoms with Crippen LogP contribution in [-0.2, 0) is 6.54 Å². The van der Waals surface area contributed by atoms with Crippen molar-refractivity contribution in [1.82, 2.24) is 29.7 Å². The minimum Gasteiger partial charge on any atom is -0.386 e. The van der Waals surface area contributed by atoms with E-state index >= 15 is 0 Å². The highest BCUT2D eigenvalue weighted by molar-refractivity contribution is 5.87. The number of anilines is 2. The van der Waals surface area contributed by atoms with Crippen molar-refractivity contribution in [3.05, 3.63) is 10.6 Å². The number of aliphatic hydroxyl groups is 1. The van der Waals surface area contributed by atoms with Crippen molar-refractivity contribution in [3.8, 4) is 11.6 Å². The van der Waals surface area contributed by atoms with Crippen molar-refractivity contribution in [3.63, 3.8) is 0 Å². The first-order chi connectivity index (χ1) is 17.3. The molecule has 1 saturated heterocycles. The number of imidazole rings is 1. The van der Waals surface area contributed by atoms with Crippen molar-refractivity contribution in [2.24, 2.45) is 17.8 Å². The quantitative estimate of drug-likeness (QED) is 0.450. The number of hydrogen-bond acceptors (Lipinski definition) is 9. The first-order valence-corrected chi connectivity index (χ1v) is 13.3. The average Bonchev–Trinajstić information content (AvgIpc) is 3.36. The van der Waals surface area contributed by atoms with Gasteiger partial charge in [0, 0.05) is 12.6 Å². The van der Waals surface area contributed by atoms with Gasteiger partial charge in [-0.1, -0.05) is 31.3 Å². The first kappa shape index (κ1) is 23.4. The van der Waals surface area contributed by atoms with Crippen molar-refractivity contribution < 1.29 is 9.63 Å². The van der Waals surface area contributed by atoms with Crippen LogP contribution in [-0.4, -0.2) is 59.5 Å². The van der Waals surface area contributed by atoms with Crippen LogP contribution in [0.15, 0.2) is 9.32 Å². The lowest BCUT2D eigenvalue weighted by Crippen LogP contribution is -2.60. The normalized spacial score (nSPS) is 24.9. The second-order valence-corrected chi connectivity index (χ2v) is 11.6. The first-order valence-electron chi connectivity index (χ1n) is 13.3. The molecule has 0 bridgehead atoms. The molecule has 6 rings (SSSR count). The molecule has 3 N–H and O–H groups in total. The molecule has 3 aromatic heterocycles. The Morgan fingerprint density at radius 1 is 1.17 bits per heavy atom. The number of aromatic nitrogens is 6. The number of fused-ring (bicyclic) bond motifs is 1. The van der Waals surface area contributed by atoms with E-state index < -0.39 is 11.4 Å². The minimum absolute atomic E-state index is 0.186. The van der Waals surface area contributed by atoms with E-state index in [1.165, 1.54) is 44.9 Å². The molecule has 11 nitrogen and oxygen atoms in total. The minimum atomic E-state index is -0.722. The van der Waals surface area contributed by atoms with Gasteiger partial charge in [0.05, 0.1) is 18.7 Å². The predicted molar refractivity (Wildman–Crippen MR) is 136 cm³/mol. The van der Waals surface area contributed by atoms with Crippen LogP contribution < -0.4 is 16.0 Å². The van der Waals surface area contributed by atoms with Gasteiger partial charge in [-0.05, 0) is 57.3 Å². The molecule has 3 aromatic rings. The van der Waals surface area contributed by atoms with Gasteiger partial charge in [-0.3, -0.25) is 9.51 Å². The van der Waals surface area contributed by atoms with E-state index in [4.69, 9.17) is 19.5 Å². The Morgan fingerprint density at radius 2 is 1.92 bits per heavy atom. The lowest BCUT2D eigenvalue weighted by atomic mass is 9.80. The number of nitrogens with one attached hydrogen (secondary N) is 2. The third-order valence-corrected chi connectivity index (χ3v) is 8.38. The molecule has 1 aliphatic heterocycles. The summed E-state index contributed by atoms with van der Waals surface area (Å²) in [6.45, 7) is 8.28. The van der Waals surface area contributed by atoms with E-state index in [1.54, 1.807) is 0 Å². The molecule has 0 spiro atoms. The summed E-state index contributed by atoms with van der Waals surface area (Å²) in [7, 11) is 0. The Labute approximate surface area is 209 Å². The summed E-state index contributed by atoms with van der Waals surface area (Å²) in [6.07, 6.45) is 8.55. The van der Waals surface area contributed by atoms with E-state index in [0.29, 0.717) is 36.4 Å². The van der Waals surface area contributed by atoms with Gasteiger partial charge >= 0.3 is 5.76 Å². The molecule has 0 amide bonds. The number of aromatic amines is 1. The molecule has 0 unspecified atom stereocenters. The van der Waals surface area contributed by atoms with Crippen molar-refractivity contribution in [2.75, 3.05) is 23.3 Å². The van der Waals surface area contributed by atoms with Crippen LogP contribution in [0.1, 0.15) is 65.7 Å². The number of β-amino-alcohol motifs (C(OH)–C–C–N with tert-alkyl or cyclic N) is 1. The summed E-state index contributed by atoms with van der Waals surface area (Å²) in [6, 6.07) is 0.244. The molecule has 2 aliphatic carbocycles. The number of hydrogen-bond donors (Lipinski definition) is 3. The number of rotatable bonds is 7. The standard InChI is InChI=1S/C25H36N8O3/c1-14-7-9-16(10-8-14)11-33-18-19(26-15(2)17-5-4-6-17)27-21(22-30-24(34)36-31-22)28-20(18)29-23(33)32-12-25(3,35)13-32/h14-17,35H,4-13H2,1-3H3,(H,26,27,28)(H,30,31,34)/t14-,15-,16-/m1/s1. The van der Waals surface area contributed by atoms with Crippen LogP contribution in [0.25, 0.3) is 22.8 Å². The van der Waals surface area contributed by atoms with Crippen LogP contribution in [0, 0.1) is 17.8 Å². The Morgan fingerprint density at radius 3 is 2.53 bits per heavy atom. The highest BCUT2D eigenvalue weighted by Gasteiger charge is 2.40. The molecule has 3 fully saturated rings. The van der Waals surface area contributed by atoms with Crippen molar-refractivity contribution in [2.45, 2.75) is 83.9 Å². The maximum absolute atomic E-state index is 11.6. The van der Waals surface area contributed by atoms with Crippen LogP contribution in [0.5, 0.6) is 0 Å². The fraction of sp³-hybridized carbons (Fsp3) is 0.720. The zero-order valence-corrected chi connectivity index (χ0v) is 21.3. The lowest BCUT2D eigenvalue weighted by Gasteiger charge is -2.45. The summed E-state index contributed by atoms with van der Waals surface area (Å²) in [5, 5.41) is 17.9. The van der Waals surface area contributed by atoms with Crippen LogP contribution in [0.4, 0.5) is 11.8 Å². The average molecular weight is 497 g/mol. The molecule has 1 atom stereocenters. The molecule has 0 radical (unpaired) electrons. The second kappa shape index (κ2) is 8.86. The summed E-state index contributed by atoms with van der Waals surface area (Å²) >= 11 is 0. The molecular weight excluding hydrogens is 460 g/mol. The summed E-state index contributed by atoms with van der Waals surface area (Å²) < 4.78 is 6.98. The number of nitrogens with zero attached hydrogens (tertiary/aromatic N) is 6. The van der Waals surface area contributed by atoms with Crippen LogP contribution >= 0.6 is 0 Å². The summed E-state index contributed by atoms with van der Waals surface area (Å²) in [5.41, 5.74) is 0.703. The van der Waals surface area contributed by atoms with Crippen molar-refractivity contribution >= 4 is 22.9 Å². The van der Waals surface area contributed by atoms with E-state index in [9.17, 15) is 9.90 Å². The van der Waals surface area contributed by atoms with E-state index in [2.05, 4.69) is 38.8 Å². The molecule has 2 saturated carbocycles. The second-order valence-electron chi connectivity index (χ2n) is 11.6. The molecule has 0 aromatic carbocycles. The Bertz CT molecular complexity index is 1290. The topological polar surface area (TPSA) is 138 Å². The van der Waals surface area contributed by atoms with Gasteiger partial charge in [0.15, 0.2) is 11.5 Å². The van der Waals surface area contributed by atoms with Crippen molar-refractivity contribution in [1.29, 1.82) is 0 Å². The highest BCUT2D eigenvalue weighted by atomic mass is 16.5. The maximum atomic E-state index is 11.6. The molecule has 4 heterocycles. The van der Waals surface area contributed by atoms with Gasteiger partial charge in [-0.15, -0.1) is 0 Å². The van der Waals surface area contributed by atoms with Gasteiger partial charge in [0.25, 0.3) is 0 Å². The van der Waals surface area contributed by atoms with Gasteiger partial charge in [0.2, 0.25) is 17.6 Å². The zero-order valence-electron chi connectivity index (χ0n) is 21.3. The highest BCUT2D eigenvalue weighted by Crippen LogP contribution is 2.38. The largest absolute Gasteiger partial charge is 0.439 e. The molecule has 3 aliphatic rings. The van der Waals surface area contributed by atoms with Crippen LogP contribution in [0.3, 0.4) is 0 Å². The Balaban J connectivity index is 1.45. The fourth-order valence-corrected chi connectivity index (χ4v) is 5.93. The molecule has 11 heteroatoms. The van der Waals surface area contributed by atoms with E-state index in [0.717, 1.165) is 23.9 Å². The molecule has 36 heavy (non-hydrogen) atoms. The van der Waals surface area contributed by atoms with Gasteiger partial charge < -0.3 is 19.9 Å². The lowest BCUT2D eigenvalue weighted by molar-refractivity contribution is 0.0295. The molecule has 194 valence electrons. The van der Waals surface area contributed by atoms with E-state index in [1.807, 2.05) is 6.92 Å². The van der Waals surface area contributed by atoms with Gasteiger partial charge in [-0.25, -0.2) is 14.8 Å². The monoisotopic (exact) mass is 496 g/mol. The smallest absolute Gasteiger partial charge is 0.386 e. The van der Waals surface area contributed by atoms with E-state index in [-0.39, 0.29) is 17.7 Å².